The van der Waals surface area contributed by atoms with Gasteiger partial charge in [-0.25, -0.2) is 0 Å². The fourth-order valence-electron chi connectivity index (χ4n) is 2.43. The van der Waals surface area contributed by atoms with Gasteiger partial charge in [0.2, 0.25) is 11.8 Å². The van der Waals surface area contributed by atoms with Crippen LogP contribution in [0.5, 0.6) is 0 Å². The Bertz CT molecular complexity index is 293. The third-order valence-corrected chi connectivity index (χ3v) is 3.36. The van der Waals surface area contributed by atoms with Gasteiger partial charge in [-0.3, -0.25) is 14.9 Å². The standard InChI is InChI=1S/C11H18N2O3/c14-9-5-3-1-2-4-7(9)12-8-6-10(15)13-11(8)16/h7-9,12,14H,1-6H2,(H,13,15,16). The first-order valence-corrected chi connectivity index (χ1v) is 5.94. The van der Waals surface area contributed by atoms with Gasteiger partial charge in [-0.15, -0.1) is 0 Å². The number of aliphatic hydroxyl groups excluding tert-OH is 1. The maximum Gasteiger partial charge on any atom is 0.244 e. The van der Waals surface area contributed by atoms with Crippen molar-refractivity contribution >= 4 is 11.8 Å². The van der Waals surface area contributed by atoms with Gasteiger partial charge in [0.15, 0.2) is 0 Å². The first-order chi connectivity index (χ1) is 7.66. The Morgan fingerprint density at radius 2 is 1.94 bits per heavy atom. The van der Waals surface area contributed by atoms with Crippen molar-refractivity contribution in [1.82, 2.24) is 10.6 Å². The van der Waals surface area contributed by atoms with Gasteiger partial charge in [-0.2, -0.15) is 0 Å². The fourth-order valence-corrected chi connectivity index (χ4v) is 2.43. The number of amides is 2. The minimum absolute atomic E-state index is 0.0517. The van der Waals surface area contributed by atoms with E-state index in [1.807, 2.05) is 0 Å². The number of nitrogens with one attached hydrogen (secondary N) is 2. The Morgan fingerprint density at radius 1 is 1.19 bits per heavy atom. The molecule has 2 amide bonds. The zero-order valence-corrected chi connectivity index (χ0v) is 9.24. The lowest BCUT2D eigenvalue weighted by Crippen LogP contribution is -2.47. The molecule has 0 bridgehead atoms. The molecular weight excluding hydrogens is 208 g/mol. The van der Waals surface area contributed by atoms with Crippen molar-refractivity contribution in [3.8, 4) is 0 Å². The van der Waals surface area contributed by atoms with Crippen molar-refractivity contribution in [1.29, 1.82) is 0 Å². The number of carbonyl (C=O) groups is 2. The highest BCUT2D eigenvalue weighted by Crippen LogP contribution is 2.19. The maximum atomic E-state index is 11.4. The number of hydrogen-bond acceptors (Lipinski definition) is 4. The second-order valence-corrected chi connectivity index (χ2v) is 4.65. The average Bonchev–Trinajstić information content (AvgIpc) is 2.43. The van der Waals surface area contributed by atoms with Crippen molar-refractivity contribution < 1.29 is 14.7 Å². The van der Waals surface area contributed by atoms with Gasteiger partial charge >= 0.3 is 0 Å². The molecule has 90 valence electrons. The van der Waals surface area contributed by atoms with Gasteiger partial charge in [0.05, 0.1) is 18.6 Å². The van der Waals surface area contributed by atoms with Gasteiger partial charge in [-0.05, 0) is 12.8 Å². The monoisotopic (exact) mass is 226 g/mol. The maximum absolute atomic E-state index is 11.4. The number of rotatable bonds is 2. The smallest absolute Gasteiger partial charge is 0.244 e. The predicted molar refractivity (Wildman–Crippen MR) is 57.6 cm³/mol. The number of imide groups is 1. The number of carbonyl (C=O) groups excluding carboxylic acids is 2. The van der Waals surface area contributed by atoms with Gasteiger partial charge in [0.1, 0.15) is 0 Å². The van der Waals surface area contributed by atoms with E-state index < -0.39 is 12.1 Å². The Hall–Kier alpha value is -0.940. The molecule has 3 N–H and O–H groups in total. The highest BCUT2D eigenvalue weighted by atomic mass is 16.3. The summed E-state index contributed by atoms with van der Waals surface area (Å²) in [7, 11) is 0. The van der Waals surface area contributed by atoms with Crippen molar-refractivity contribution in [2.45, 2.75) is 56.7 Å². The van der Waals surface area contributed by atoms with E-state index in [4.69, 9.17) is 0 Å². The van der Waals surface area contributed by atoms with E-state index in [1.54, 1.807) is 0 Å². The second-order valence-electron chi connectivity index (χ2n) is 4.65. The minimum Gasteiger partial charge on any atom is -0.392 e. The summed E-state index contributed by atoms with van der Waals surface area (Å²) in [5.74, 6) is -0.493. The lowest BCUT2D eigenvalue weighted by molar-refractivity contribution is -0.125. The largest absolute Gasteiger partial charge is 0.392 e. The Morgan fingerprint density at radius 3 is 2.62 bits per heavy atom. The van der Waals surface area contributed by atoms with Crippen LogP contribution in [0.3, 0.4) is 0 Å². The topological polar surface area (TPSA) is 78.4 Å². The number of aliphatic hydroxyl groups is 1. The quantitative estimate of drug-likeness (QED) is 0.445. The van der Waals surface area contributed by atoms with Crippen LogP contribution in [-0.4, -0.2) is 35.1 Å². The molecule has 5 heteroatoms. The van der Waals surface area contributed by atoms with Crippen LogP contribution < -0.4 is 10.6 Å². The van der Waals surface area contributed by atoms with E-state index >= 15 is 0 Å². The molecule has 1 saturated heterocycles. The van der Waals surface area contributed by atoms with Gasteiger partial charge < -0.3 is 10.4 Å². The molecule has 5 nitrogen and oxygen atoms in total. The molecule has 16 heavy (non-hydrogen) atoms. The summed E-state index contributed by atoms with van der Waals surface area (Å²) in [4.78, 5) is 22.4. The SMILES string of the molecule is O=C1CC(NC2CCCCCC2O)C(=O)N1. The molecule has 2 aliphatic rings. The van der Waals surface area contributed by atoms with Crippen LogP contribution in [0.4, 0.5) is 0 Å². The van der Waals surface area contributed by atoms with Crippen molar-refractivity contribution in [2.24, 2.45) is 0 Å². The zero-order valence-electron chi connectivity index (χ0n) is 9.24. The molecule has 0 spiro atoms. The van der Waals surface area contributed by atoms with Crippen LogP contribution in [-0.2, 0) is 9.59 Å². The molecule has 1 heterocycles. The third kappa shape index (κ3) is 2.59. The normalized spacial score (nSPS) is 35.9. The van der Waals surface area contributed by atoms with Crippen LogP contribution in [0.2, 0.25) is 0 Å². The van der Waals surface area contributed by atoms with E-state index in [0.717, 1.165) is 32.1 Å². The first kappa shape index (κ1) is 11.5. The average molecular weight is 226 g/mol. The lowest BCUT2D eigenvalue weighted by Gasteiger charge is -2.24. The van der Waals surface area contributed by atoms with Crippen LogP contribution in [0.15, 0.2) is 0 Å². The van der Waals surface area contributed by atoms with Crippen molar-refractivity contribution in [3.63, 3.8) is 0 Å². The highest BCUT2D eigenvalue weighted by Gasteiger charge is 2.33. The minimum atomic E-state index is -0.453. The molecule has 0 radical (unpaired) electrons. The summed E-state index contributed by atoms with van der Waals surface area (Å²) >= 11 is 0. The molecular formula is C11H18N2O3. The van der Waals surface area contributed by atoms with E-state index in [9.17, 15) is 14.7 Å². The molecule has 0 aromatic rings. The molecule has 3 unspecified atom stereocenters. The molecule has 0 aromatic carbocycles. The summed E-state index contributed by atoms with van der Waals surface area (Å²) in [6, 6.07) is -0.505. The van der Waals surface area contributed by atoms with Crippen LogP contribution in [0.25, 0.3) is 0 Å². The van der Waals surface area contributed by atoms with Crippen molar-refractivity contribution in [2.75, 3.05) is 0 Å². The van der Waals surface area contributed by atoms with Crippen LogP contribution >= 0.6 is 0 Å². The summed E-state index contributed by atoms with van der Waals surface area (Å²) in [5.41, 5.74) is 0. The van der Waals surface area contributed by atoms with Crippen molar-refractivity contribution in [3.05, 3.63) is 0 Å². The molecule has 1 aliphatic heterocycles. The zero-order chi connectivity index (χ0) is 11.5. The Labute approximate surface area is 94.6 Å². The third-order valence-electron chi connectivity index (χ3n) is 3.36. The lowest BCUT2D eigenvalue weighted by atomic mass is 10.0. The Kier molecular flexibility index (Phi) is 3.56. The molecule has 0 aromatic heterocycles. The van der Waals surface area contributed by atoms with Gasteiger partial charge in [0.25, 0.3) is 0 Å². The van der Waals surface area contributed by atoms with Gasteiger partial charge in [0, 0.05) is 6.04 Å². The van der Waals surface area contributed by atoms with E-state index in [1.165, 1.54) is 0 Å². The fraction of sp³-hybridized carbons (Fsp3) is 0.818. The number of hydrogen-bond donors (Lipinski definition) is 3. The second kappa shape index (κ2) is 4.93. The van der Waals surface area contributed by atoms with Gasteiger partial charge in [-0.1, -0.05) is 19.3 Å². The molecule has 1 saturated carbocycles. The van der Waals surface area contributed by atoms with E-state index in [-0.39, 0.29) is 24.3 Å². The highest BCUT2D eigenvalue weighted by molar-refractivity contribution is 6.05. The summed E-state index contributed by atoms with van der Waals surface area (Å²) in [6.07, 6.45) is 4.68. The molecule has 3 atom stereocenters. The summed E-state index contributed by atoms with van der Waals surface area (Å²) in [6.45, 7) is 0. The molecule has 2 rings (SSSR count). The van der Waals surface area contributed by atoms with Crippen LogP contribution in [0.1, 0.15) is 38.5 Å². The molecule has 2 fully saturated rings. The summed E-state index contributed by atoms with van der Waals surface area (Å²) < 4.78 is 0. The summed E-state index contributed by atoms with van der Waals surface area (Å²) in [5, 5.41) is 15.3. The van der Waals surface area contributed by atoms with E-state index in [2.05, 4.69) is 10.6 Å². The molecule has 1 aliphatic carbocycles. The predicted octanol–water partition coefficient (Wildman–Crippen LogP) is -0.315. The Balaban J connectivity index is 1.92. The van der Waals surface area contributed by atoms with E-state index in [0.29, 0.717) is 0 Å². The van der Waals surface area contributed by atoms with Crippen LogP contribution in [0, 0.1) is 0 Å². The first-order valence-electron chi connectivity index (χ1n) is 5.94.